The molecule has 1 aliphatic rings. The molecule has 0 aliphatic heterocycles. The van der Waals surface area contributed by atoms with Crippen LogP contribution in [-0.4, -0.2) is 22.1 Å². The number of hydrogen-bond donors (Lipinski definition) is 1. The molecule has 0 spiro atoms. The molecule has 1 N–H and O–H groups in total. The van der Waals surface area contributed by atoms with Crippen LogP contribution in [-0.2, 0) is 17.6 Å². The fraction of sp³-hybridized carbons (Fsp3) is 0.312. The van der Waals surface area contributed by atoms with Gasteiger partial charge in [-0.15, -0.1) is 0 Å². The zero-order valence-corrected chi connectivity index (χ0v) is 12.2. The van der Waals surface area contributed by atoms with Crippen molar-refractivity contribution in [1.29, 1.82) is 0 Å². The molecular formula is C16H16N2O4. The van der Waals surface area contributed by atoms with Crippen LogP contribution in [0.4, 0.5) is 0 Å². The molecule has 0 saturated carbocycles. The summed E-state index contributed by atoms with van der Waals surface area (Å²) < 4.78 is 6.02. The van der Waals surface area contributed by atoms with Crippen LogP contribution in [0.2, 0.25) is 0 Å². The first kappa shape index (κ1) is 14.3. The Labute approximate surface area is 126 Å². The van der Waals surface area contributed by atoms with Crippen molar-refractivity contribution in [2.24, 2.45) is 0 Å². The van der Waals surface area contributed by atoms with E-state index >= 15 is 0 Å². The smallest absolute Gasteiger partial charge is 0.338 e. The molecule has 114 valence electrons. The van der Waals surface area contributed by atoms with Crippen molar-refractivity contribution in [3.05, 3.63) is 61.9 Å². The number of benzene rings is 1. The molecule has 1 aliphatic carbocycles. The summed E-state index contributed by atoms with van der Waals surface area (Å²) in [6, 6.07) is 6.34. The number of nitrogens with one attached hydrogen (secondary N) is 1. The summed E-state index contributed by atoms with van der Waals surface area (Å²) in [5.74, 6) is -0.477. The van der Waals surface area contributed by atoms with E-state index in [9.17, 15) is 14.4 Å². The molecule has 0 saturated heterocycles. The lowest BCUT2D eigenvalue weighted by Crippen LogP contribution is -2.36. The van der Waals surface area contributed by atoms with E-state index in [0.717, 1.165) is 23.1 Å². The standard InChI is InChI=1S/C16H16N2O4/c1-2-22-15(20)10-5-3-6-11(9-10)18-14(19)12-7-4-8-13(12)17-16(18)21/h3,5-6,9H,2,4,7-8H2,1H3,(H,17,21). The molecule has 1 aromatic carbocycles. The molecule has 2 aromatic rings. The van der Waals surface area contributed by atoms with Crippen LogP contribution in [0.3, 0.4) is 0 Å². The highest BCUT2D eigenvalue weighted by atomic mass is 16.5. The van der Waals surface area contributed by atoms with Crippen LogP contribution < -0.4 is 11.2 Å². The van der Waals surface area contributed by atoms with Gasteiger partial charge < -0.3 is 9.72 Å². The second-order valence-corrected chi connectivity index (χ2v) is 5.15. The number of rotatable bonds is 3. The molecule has 0 amide bonds. The monoisotopic (exact) mass is 300 g/mol. The predicted octanol–water partition coefficient (Wildman–Crippen LogP) is 1.19. The molecule has 1 heterocycles. The number of esters is 1. The van der Waals surface area contributed by atoms with Gasteiger partial charge in [-0.25, -0.2) is 14.2 Å². The van der Waals surface area contributed by atoms with E-state index in [4.69, 9.17) is 4.74 Å². The average Bonchev–Trinajstić information content (AvgIpc) is 2.96. The lowest BCUT2D eigenvalue weighted by Gasteiger charge is -2.09. The maximum absolute atomic E-state index is 12.5. The van der Waals surface area contributed by atoms with Gasteiger partial charge in [0.1, 0.15) is 0 Å². The van der Waals surface area contributed by atoms with Crippen molar-refractivity contribution in [3.63, 3.8) is 0 Å². The second-order valence-electron chi connectivity index (χ2n) is 5.15. The fourth-order valence-electron chi connectivity index (χ4n) is 2.75. The summed E-state index contributed by atoms with van der Waals surface area (Å²) in [7, 11) is 0. The summed E-state index contributed by atoms with van der Waals surface area (Å²) in [5, 5.41) is 0. The van der Waals surface area contributed by atoms with Gasteiger partial charge in [0, 0.05) is 11.3 Å². The van der Waals surface area contributed by atoms with E-state index in [1.165, 1.54) is 6.07 Å². The van der Waals surface area contributed by atoms with Crippen LogP contribution >= 0.6 is 0 Å². The summed E-state index contributed by atoms with van der Waals surface area (Å²) >= 11 is 0. The average molecular weight is 300 g/mol. The van der Waals surface area contributed by atoms with Crippen LogP contribution in [0.1, 0.15) is 35.0 Å². The van der Waals surface area contributed by atoms with Gasteiger partial charge in [-0.05, 0) is 44.4 Å². The van der Waals surface area contributed by atoms with Gasteiger partial charge in [-0.3, -0.25) is 4.79 Å². The van der Waals surface area contributed by atoms with Crippen molar-refractivity contribution in [3.8, 4) is 5.69 Å². The summed E-state index contributed by atoms with van der Waals surface area (Å²) in [6.07, 6.45) is 2.26. The quantitative estimate of drug-likeness (QED) is 0.863. The zero-order chi connectivity index (χ0) is 15.7. The van der Waals surface area contributed by atoms with Crippen molar-refractivity contribution < 1.29 is 9.53 Å². The highest BCUT2D eigenvalue weighted by molar-refractivity contribution is 5.90. The lowest BCUT2D eigenvalue weighted by atomic mass is 10.2. The minimum atomic E-state index is -0.480. The minimum Gasteiger partial charge on any atom is -0.462 e. The van der Waals surface area contributed by atoms with Crippen molar-refractivity contribution in [2.75, 3.05) is 6.61 Å². The number of aromatic amines is 1. The van der Waals surface area contributed by atoms with Gasteiger partial charge in [-0.1, -0.05) is 6.07 Å². The van der Waals surface area contributed by atoms with Gasteiger partial charge in [0.25, 0.3) is 5.56 Å². The molecule has 0 unspecified atom stereocenters. The molecule has 1 aromatic heterocycles. The lowest BCUT2D eigenvalue weighted by molar-refractivity contribution is 0.0526. The number of carbonyl (C=O) groups is 1. The third kappa shape index (κ3) is 2.36. The number of aryl methyl sites for hydroxylation is 1. The summed E-state index contributed by atoms with van der Waals surface area (Å²) in [5.41, 5.74) is 1.27. The van der Waals surface area contributed by atoms with Gasteiger partial charge in [-0.2, -0.15) is 0 Å². The minimum absolute atomic E-state index is 0.266. The molecule has 0 bridgehead atoms. The fourth-order valence-corrected chi connectivity index (χ4v) is 2.75. The Morgan fingerprint density at radius 1 is 1.32 bits per heavy atom. The zero-order valence-electron chi connectivity index (χ0n) is 12.2. The predicted molar refractivity (Wildman–Crippen MR) is 80.6 cm³/mol. The first-order valence-electron chi connectivity index (χ1n) is 7.26. The Kier molecular flexibility index (Phi) is 3.66. The Morgan fingerprint density at radius 3 is 2.91 bits per heavy atom. The Balaban J connectivity index is 2.13. The largest absolute Gasteiger partial charge is 0.462 e. The number of ether oxygens (including phenoxy) is 1. The third-order valence-electron chi connectivity index (χ3n) is 3.76. The van der Waals surface area contributed by atoms with Gasteiger partial charge in [0.05, 0.1) is 17.9 Å². The normalized spacial score (nSPS) is 13.0. The summed E-state index contributed by atoms with van der Waals surface area (Å²) in [4.78, 5) is 39.3. The molecular weight excluding hydrogens is 284 g/mol. The van der Waals surface area contributed by atoms with Crippen molar-refractivity contribution in [1.82, 2.24) is 9.55 Å². The highest BCUT2D eigenvalue weighted by Crippen LogP contribution is 2.15. The number of hydrogen-bond acceptors (Lipinski definition) is 4. The number of nitrogens with zero attached hydrogens (tertiary/aromatic N) is 1. The van der Waals surface area contributed by atoms with E-state index in [0.29, 0.717) is 23.2 Å². The van der Waals surface area contributed by atoms with Crippen LogP contribution in [0.25, 0.3) is 5.69 Å². The van der Waals surface area contributed by atoms with E-state index in [1.54, 1.807) is 25.1 Å². The number of H-pyrrole nitrogens is 1. The molecule has 6 heteroatoms. The van der Waals surface area contributed by atoms with Gasteiger partial charge in [0.15, 0.2) is 0 Å². The van der Waals surface area contributed by atoms with Crippen LogP contribution in [0.5, 0.6) is 0 Å². The van der Waals surface area contributed by atoms with E-state index in [2.05, 4.69) is 4.98 Å². The Morgan fingerprint density at radius 2 is 2.14 bits per heavy atom. The third-order valence-corrected chi connectivity index (χ3v) is 3.76. The molecule has 0 fully saturated rings. The van der Waals surface area contributed by atoms with E-state index in [1.807, 2.05) is 0 Å². The molecule has 0 atom stereocenters. The Bertz CT molecular complexity index is 848. The highest BCUT2D eigenvalue weighted by Gasteiger charge is 2.19. The van der Waals surface area contributed by atoms with Crippen molar-refractivity contribution in [2.45, 2.75) is 26.2 Å². The first-order valence-corrected chi connectivity index (χ1v) is 7.26. The van der Waals surface area contributed by atoms with Gasteiger partial charge in [0.2, 0.25) is 0 Å². The number of fused-ring (bicyclic) bond motifs is 1. The number of aromatic nitrogens is 2. The SMILES string of the molecule is CCOC(=O)c1cccc(-n2c(=O)[nH]c3c(c2=O)CCC3)c1. The Hall–Kier alpha value is -2.63. The van der Waals surface area contributed by atoms with Crippen LogP contribution in [0, 0.1) is 0 Å². The van der Waals surface area contributed by atoms with Gasteiger partial charge >= 0.3 is 11.7 Å². The maximum atomic E-state index is 12.5. The number of carbonyl (C=O) groups excluding carboxylic acids is 1. The molecule has 6 nitrogen and oxygen atoms in total. The molecule has 22 heavy (non-hydrogen) atoms. The second kappa shape index (κ2) is 5.63. The molecule has 0 radical (unpaired) electrons. The maximum Gasteiger partial charge on any atom is 0.338 e. The van der Waals surface area contributed by atoms with Crippen LogP contribution in [0.15, 0.2) is 33.9 Å². The topological polar surface area (TPSA) is 81.2 Å². The van der Waals surface area contributed by atoms with Crippen molar-refractivity contribution >= 4 is 5.97 Å². The first-order chi connectivity index (χ1) is 10.6. The van der Waals surface area contributed by atoms with E-state index < -0.39 is 11.7 Å². The van der Waals surface area contributed by atoms with E-state index in [-0.39, 0.29) is 12.2 Å². The summed E-state index contributed by atoms with van der Waals surface area (Å²) in [6.45, 7) is 1.99. The molecule has 3 rings (SSSR count).